The fraction of sp³-hybridized carbons (Fsp3) is 0.344. The molecule has 3 aromatic rings. The van der Waals surface area contributed by atoms with E-state index in [2.05, 4.69) is 52.0 Å². The summed E-state index contributed by atoms with van der Waals surface area (Å²) in [5.41, 5.74) is 7.86. The molecule has 8 nitrogen and oxygen atoms in total. The smallest absolute Gasteiger partial charge is 0.328 e. The summed E-state index contributed by atoms with van der Waals surface area (Å²) in [6, 6.07) is 18.6. The molecule has 3 amide bonds. The first-order valence-corrected chi connectivity index (χ1v) is 13.8. The van der Waals surface area contributed by atoms with Crippen LogP contribution in [0.4, 0.5) is 10.5 Å². The first-order chi connectivity index (χ1) is 19.2. The van der Waals surface area contributed by atoms with Gasteiger partial charge in [0.15, 0.2) is 0 Å². The van der Waals surface area contributed by atoms with Crippen molar-refractivity contribution in [1.82, 2.24) is 16.0 Å². The van der Waals surface area contributed by atoms with Crippen LogP contribution in [0.15, 0.2) is 60.7 Å². The molecular formula is C32H36N4O4. The SMILES string of the molecule is Cc1ccc(C2CN(c3ccc(C)c(C(=O)N[C@@H](CNC(=O)N[C@@H]4CCc5ccccc54)C(=O)O)c3C)C2)cc1. The van der Waals surface area contributed by atoms with Gasteiger partial charge in [-0.25, -0.2) is 9.59 Å². The molecule has 5 rings (SSSR count). The number of hydrogen-bond acceptors (Lipinski definition) is 4. The second-order valence-corrected chi connectivity index (χ2v) is 10.9. The molecule has 0 aromatic heterocycles. The highest BCUT2D eigenvalue weighted by Gasteiger charge is 2.31. The molecule has 1 aliphatic heterocycles. The van der Waals surface area contributed by atoms with Crippen LogP contribution in [0.3, 0.4) is 0 Å². The largest absolute Gasteiger partial charge is 0.480 e. The predicted octanol–water partition coefficient (Wildman–Crippen LogP) is 4.39. The zero-order chi connectivity index (χ0) is 28.4. The van der Waals surface area contributed by atoms with Crippen LogP contribution in [0.1, 0.15) is 62.1 Å². The number of carbonyl (C=O) groups is 3. The van der Waals surface area contributed by atoms with Gasteiger partial charge in [-0.3, -0.25) is 4.79 Å². The van der Waals surface area contributed by atoms with Crippen molar-refractivity contribution in [3.63, 3.8) is 0 Å². The quantitative estimate of drug-likeness (QED) is 0.339. The molecule has 40 heavy (non-hydrogen) atoms. The summed E-state index contributed by atoms with van der Waals surface area (Å²) in [5, 5.41) is 18.0. The number of hydrogen-bond donors (Lipinski definition) is 4. The highest BCUT2D eigenvalue weighted by Crippen LogP contribution is 2.35. The van der Waals surface area contributed by atoms with E-state index in [1.807, 2.05) is 50.2 Å². The average molecular weight is 541 g/mol. The van der Waals surface area contributed by atoms with Crippen LogP contribution in [0.25, 0.3) is 0 Å². The number of carbonyl (C=O) groups excluding carboxylic acids is 2. The fourth-order valence-corrected chi connectivity index (χ4v) is 5.79. The summed E-state index contributed by atoms with van der Waals surface area (Å²) in [5.74, 6) is -1.24. The van der Waals surface area contributed by atoms with Gasteiger partial charge in [0.05, 0.1) is 12.6 Å². The van der Waals surface area contributed by atoms with E-state index in [4.69, 9.17) is 0 Å². The average Bonchev–Trinajstić information content (AvgIpc) is 3.30. The van der Waals surface area contributed by atoms with Crippen LogP contribution in [0.2, 0.25) is 0 Å². The highest BCUT2D eigenvalue weighted by atomic mass is 16.4. The molecule has 4 N–H and O–H groups in total. The number of urea groups is 1. The number of anilines is 1. The second-order valence-electron chi connectivity index (χ2n) is 10.9. The van der Waals surface area contributed by atoms with Crippen molar-refractivity contribution in [3.05, 3.63) is 99.6 Å². The van der Waals surface area contributed by atoms with E-state index in [0.29, 0.717) is 11.5 Å². The minimum Gasteiger partial charge on any atom is -0.480 e. The molecule has 0 saturated carbocycles. The van der Waals surface area contributed by atoms with Crippen molar-refractivity contribution in [2.45, 2.75) is 51.6 Å². The summed E-state index contributed by atoms with van der Waals surface area (Å²) in [6.45, 7) is 7.31. The minimum atomic E-state index is -1.27. The molecule has 0 bridgehead atoms. The van der Waals surface area contributed by atoms with E-state index < -0.39 is 23.9 Å². The van der Waals surface area contributed by atoms with Crippen molar-refractivity contribution < 1.29 is 19.5 Å². The molecule has 0 radical (unpaired) electrons. The molecule has 8 heteroatoms. The first kappa shape index (κ1) is 27.2. The number of nitrogens with zero attached hydrogens (tertiary/aromatic N) is 1. The third-order valence-electron chi connectivity index (χ3n) is 8.15. The lowest BCUT2D eigenvalue weighted by molar-refractivity contribution is -0.139. The number of rotatable bonds is 8. The molecular weight excluding hydrogens is 504 g/mol. The molecule has 1 heterocycles. The van der Waals surface area contributed by atoms with E-state index >= 15 is 0 Å². The number of aryl methyl sites for hydroxylation is 3. The van der Waals surface area contributed by atoms with Crippen LogP contribution >= 0.6 is 0 Å². The Labute approximate surface area is 234 Å². The van der Waals surface area contributed by atoms with Gasteiger partial charge < -0.3 is 26.0 Å². The van der Waals surface area contributed by atoms with Gasteiger partial charge >= 0.3 is 12.0 Å². The van der Waals surface area contributed by atoms with Crippen molar-refractivity contribution in [2.24, 2.45) is 0 Å². The molecule has 2 aliphatic rings. The van der Waals surface area contributed by atoms with Gasteiger partial charge in [0.1, 0.15) is 6.04 Å². The summed E-state index contributed by atoms with van der Waals surface area (Å²) in [7, 11) is 0. The fourth-order valence-electron chi connectivity index (χ4n) is 5.79. The maximum Gasteiger partial charge on any atom is 0.328 e. The third-order valence-corrected chi connectivity index (χ3v) is 8.15. The van der Waals surface area contributed by atoms with Gasteiger partial charge in [0.2, 0.25) is 0 Å². The zero-order valence-corrected chi connectivity index (χ0v) is 23.2. The molecule has 0 unspecified atom stereocenters. The van der Waals surface area contributed by atoms with Gasteiger partial charge in [-0.05, 0) is 67.5 Å². The van der Waals surface area contributed by atoms with E-state index in [0.717, 1.165) is 48.3 Å². The van der Waals surface area contributed by atoms with Crippen molar-refractivity contribution >= 4 is 23.6 Å². The predicted molar refractivity (Wildman–Crippen MR) is 155 cm³/mol. The Morgan fingerprint density at radius 3 is 2.42 bits per heavy atom. The van der Waals surface area contributed by atoms with E-state index in [-0.39, 0.29) is 12.6 Å². The Morgan fingerprint density at radius 1 is 0.975 bits per heavy atom. The molecule has 3 aromatic carbocycles. The van der Waals surface area contributed by atoms with Crippen LogP contribution in [0.5, 0.6) is 0 Å². The Morgan fingerprint density at radius 2 is 1.70 bits per heavy atom. The van der Waals surface area contributed by atoms with Gasteiger partial charge in [0, 0.05) is 30.3 Å². The van der Waals surface area contributed by atoms with Crippen LogP contribution in [-0.4, -0.2) is 48.7 Å². The molecule has 1 fully saturated rings. The molecule has 1 saturated heterocycles. The number of aliphatic carboxylic acids is 1. The number of nitrogens with one attached hydrogen (secondary N) is 3. The van der Waals surface area contributed by atoms with Crippen LogP contribution in [-0.2, 0) is 11.2 Å². The van der Waals surface area contributed by atoms with E-state index in [1.54, 1.807) is 0 Å². The molecule has 2 atom stereocenters. The highest BCUT2D eigenvalue weighted by molar-refractivity contribution is 6.00. The molecule has 1 aliphatic carbocycles. The standard InChI is InChI=1S/C32H36N4O4/c1-19-8-11-22(12-9-19)24-17-36(18-24)28-15-10-20(2)29(21(28)3)30(37)34-27(31(38)39)16-33-32(40)35-26-14-13-23-6-4-5-7-25(23)26/h4-12,15,24,26-27H,13-14,16-18H2,1-3H3,(H,34,37)(H,38,39)(H2,33,35,40)/t26-,27+/m1/s1. The van der Waals surface area contributed by atoms with Gasteiger partial charge in [-0.15, -0.1) is 0 Å². The number of benzene rings is 3. The Hall–Kier alpha value is -4.33. The Balaban J connectivity index is 1.20. The first-order valence-electron chi connectivity index (χ1n) is 13.8. The topological polar surface area (TPSA) is 111 Å². The lowest BCUT2D eigenvalue weighted by Gasteiger charge is -2.42. The maximum absolute atomic E-state index is 13.3. The van der Waals surface area contributed by atoms with Gasteiger partial charge in [-0.2, -0.15) is 0 Å². The second kappa shape index (κ2) is 11.4. The Kier molecular flexibility index (Phi) is 7.78. The lowest BCUT2D eigenvalue weighted by atomic mass is 9.89. The van der Waals surface area contributed by atoms with Crippen molar-refractivity contribution in [1.29, 1.82) is 0 Å². The van der Waals surface area contributed by atoms with Crippen LogP contribution in [0, 0.1) is 20.8 Å². The summed E-state index contributed by atoms with van der Waals surface area (Å²) in [6.07, 6.45) is 1.68. The van der Waals surface area contributed by atoms with Gasteiger partial charge in [0.25, 0.3) is 5.91 Å². The Bertz CT molecular complexity index is 1430. The van der Waals surface area contributed by atoms with Crippen LogP contribution < -0.4 is 20.9 Å². The lowest BCUT2D eigenvalue weighted by Crippen LogP contribution is -2.50. The van der Waals surface area contributed by atoms with Crippen molar-refractivity contribution in [2.75, 3.05) is 24.5 Å². The number of amides is 3. The number of carboxylic acid groups (broad SMARTS) is 1. The van der Waals surface area contributed by atoms with Crippen molar-refractivity contribution in [3.8, 4) is 0 Å². The third kappa shape index (κ3) is 5.66. The monoisotopic (exact) mass is 540 g/mol. The van der Waals surface area contributed by atoms with Gasteiger partial charge in [-0.1, -0.05) is 60.2 Å². The molecule has 208 valence electrons. The molecule has 0 spiro atoms. The zero-order valence-electron chi connectivity index (χ0n) is 23.2. The summed E-state index contributed by atoms with van der Waals surface area (Å²) >= 11 is 0. The minimum absolute atomic E-state index is 0.116. The maximum atomic E-state index is 13.3. The van der Waals surface area contributed by atoms with E-state index in [1.165, 1.54) is 16.7 Å². The summed E-state index contributed by atoms with van der Waals surface area (Å²) in [4.78, 5) is 40.1. The number of carboxylic acids is 1. The number of fused-ring (bicyclic) bond motifs is 1. The summed E-state index contributed by atoms with van der Waals surface area (Å²) < 4.78 is 0. The van der Waals surface area contributed by atoms with E-state index in [9.17, 15) is 19.5 Å². The normalized spacial score (nSPS) is 17.0.